The lowest BCUT2D eigenvalue weighted by atomic mass is 10.2. The fraction of sp³-hybridized carbons (Fsp3) is 0.211. The molecular weight excluding hydrogens is 372 g/mol. The molecule has 1 aromatic heterocycles. The van der Waals surface area contributed by atoms with Crippen molar-refractivity contribution < 1.29 is 23.4 Å². The maximum absolute atomic E-state index is 12.4. The molecule has 3 rings (SSSR count). The van der Waals surface area contributed by atoms with Gasteiger partial charge in [0.15, 0.2) is 6.10 Å². The monoisotopic (exact) mass is 388 g/mol. The zero-order valence-corrected chi connectivity index (χ0v) is 15.7. The molecule has 2 aromatic carbocycles. The molecule has 0 saturated carbocycles. The maximum atomic E-state index is 12.4. The summed E-state index contributed by atoms with van der Waals surface area (Å²) < 4.78 is 21.3. The highest BCUT2D eigenvalue weighted by atomic mass is 35.5. The van der Waals surface area contributed by atoms with Crippen LogP contribution in [0.5, 0.6) is 11.5 Å². The molecule has 1 atom stereocenters. The van der Waals surface area contributed by atoms with Gasteiger partial charge in [0.05, 0.1) is 14.2 Å². The number of hydrogen-bond donors (Lipinski definition) is 0. The fourth-order valence-electron chi connectivity index (χ4n) is 2.36. The van der Waals surface area contributed by atoms with Crippen LogP contribution in [0.2, 0.25) is 5.02 Å². The molecule has 3 aromatic rings. The van der Waals surface area contributed by atoms with Crippen molar-refractivity contribution in [3.05, 3.63) is 58.9 Å². The number of aromatic nitrogens is 2. The first-order valence-electron chi connectivity index (χ1n) is 8.04. The maximum Gasteiger partial charge on any atom is 0.342 e. The highest BCUT2D eigenvalue weighted by molar-refractivity contribution is 6.31. The van der Waals surface area contributed by atoms with Gasteiger partial charge in [-0.2, -0.15) is 0 Å². The van der Waals surface area contributed by atoms with Gasteiger partial charge >= 0.3 is 5.97 Å². The first-order valence-corrected chi connectivity index (χ1v) is 8.42. The van der Waals surface area contributed by atoms with E-state index in [1.54, 1.807) is 50.4 Å². The van der Waals surface area contributed by atoms with Crippen molar-refractivity contribution in [1.82, 2.24) is 10.2 Å². The molecule has 1 heterocycles. The Kier molecular flexibility index (Phi) is 5.61. The van der Waals surface area contributed by atoms with Crippen LogP contribution in [0, 0.1) is 0 Å². The molecule has 8 heteroatoms. The van der Waals surface area contributed by atoms with E-state index in [1.807, 2.05) is 0 Å². The minimum atomic E-state index is -0.749. The second-order valence-electron chi connectivity index (χ2n) is 5.57. The lowest BCUT2D eigenvalue weighted by Gasteiger charge is -2.12. The lowest BCUT2D eigenvalue weighted by molar-refractivity contribution is 0.0276. The lowest BCUT2D eigenvalue weighted by Crippen LogP contribution is -2.11. The Hall–Kier alpha value is -3.06. The number of methoxy groups -OCH3 is 2. The molecule has 27 heavy (non-hydrogen) atoms. The summed E-state index contributed by atoms with van der Waals surface area (Å²) in [5.41, 5.74) is 0.941. The molecule has 7 nitrogen and oxygen atoms in total. The van der Waals surface area contributed by atoms with Gasteiger partial charge < -0.3 is 18.6 Å². The Morgan fingerprint density at radius 2 is 1.81 bits per heavy atom. The number of esters is 1. The molecule has 0 spiro atoms. The van der Waals surface area contributed by atoms with E-state index in [-0.39, 0.29) is 11.5 Å². The average Bonchev–Trinajstić information content (AvgIpc) is 3.18. The van der Waals surface area contributed by atoms with Crippen LogP contribution in [0.3, 0.4) is 0 Å². The summed E-state index contributed by atoms with van der Waals surface area (Å²) in [6, 6.07) is 11.9. The molecule has 0 amide bonds. The van der Waals surface area contributed by atoms with E-state index in [0.717, 1.165) is 11.3 Å². The van der Waals surface area contributed by atoms with Crippen molar-refractivity contribution in [2.75, 3.05) is 14.2 Å². The van der Waals surface area contributed by atoms with Crippen LogP contribution < -0.4 is 9.47 Å². The molecule has 0 aliphatic rings. The summed E-state index contributed by atoms with van der Waals surface area (Å²) in [5, 5.41) is 8.35. The number of nitrogens with zero attached hydrogens (tertiary/aromatic N) is 2. The van der Waals surface area contributed by atoms with E-state index in [9.17, 15) is 4.79 Å². The number of hydrogen-bond acceptors (Lipinski definition) is 7. The van der Waals surface area contributed by atoms with Crippen LogP contribution in [-0.2, 0) is 4.74 Å². The first kappa shape index (κ1) is 18.7. The summed E-state index contributed by atoms with van der Waals surface area (Å²) in [7, 11) is 3.05. The van der Waals surface area contributed by atoms with E-state index in [1.165, 1.54) is 13.2 Å². The summed E-state index contributed by atoms with van der Waals surface area (Å²) in [5.74, 6) is 0.967. The second-order valence-corrected chi connectivity index (χ2v) is 6.00. The van der Waals surface area contributed by atoms with Crippen LogP contribution in [0.25, 0.3) is 11.5 Å². The number of benzene rings is 2. The number of halogens is 1. The van der Waals surface area contributed by atoms with Crippen molar-refractivity contribution in [1.29, 1.82) is 0 Å². The van der Waals surface area contributed by atoms with Gasteiger partial charge in [-0.1, -0.05) is 11.6 Å². The predicted molar refractivity (Wildman–Crippen MR) is 98.1 cm³/mol. The van der Waals surface area contributed by atoms with Gasteiger partial charge in [-0.25, -0.2) is 4.79 Å². The quantitative estimate of drug-likeness (QED) is 0.581. The minimum absolute atomic E-state index is 0.176. The van der Waals surface area contributed by atoms with Crippen molar-refractivity contribution in [2.24, 2.45) is 0 Å². The first-order chi connectivity index (χ1) is 13.0. The predicted octanol–water partition coefficient (Wildman–Crippen LogP) is 4.33. The summed E-state index contributed by atoms with van der Waals surface area (Å²) in [6.07, 6.45) is -0.749. The van der Waals surface area contributed by atoms with E-state index < -0.39 is 12.1 Å². The van der Waals surface area contributed by atoms with Crippen LogP contribution in [-0.4, -0.2) is 30.4 Å². The van der Waals surface area contributed by atoms with Crippen LogP contribution in [0.4, 0.5) is 0 Å². The molecule has 0 saturated heterocycles. The fourth-order valence-corrected chi connectivity index (χ4v) is 2.54. The largest absolute Gasteiger partial charge is 0.497 e. The molecule has 0 aliphatic carbocycles. The average molecular weight is 389 g/mol. The highest BCUT2D eigenvalue weighted by Crippen LogP contribution is 2.27. The third-order valence-corrected chi connectivity index (χ3v) is 4.03. The molecular formula is C19H17ClN2O5. The van der Waals surface area contributed by atoms with Crippen LogP contribution >= 0.6 is 11.6 Å². The van der Waals surface area contributed by atoms with E-state index in [2.05, 4.69) is 10.2 Å². The number of carbonyl (C=O) groups is 1. The highest BCUT2D eigenvalue weighted by Gasteiger charge is 2.22. The van der Waals surface area contributed by atoms with Crippen molar-refractivity contribution in [2.45, 2.75) is 13.0 Å². The van der Waals surface area contributed by atoms with Crippen molar-refractivity contribution in [3.63, 3.8) is 0 Å². The molecule has 0 N–H and O–H groups in total. The van der Waals surface area contributed by atoms with Crippen LogP contribution in [0.1, 0.15) is 29.3 Å². The topological polar surface area (TPSA) is 83.7 Å². The molecule has 0 bridgehead atoms. The Morgan fingerprint density at radius 1 is 1.07 bits per heavy atom. The number of rotatable bonds is 6. The van der Waals surface area contributed by atoms with Gasteiger partial charge in [0.1, 0.15) is 17.1 Å². The Labute approximate surface area is 160 Å². The second kappa shape index (κ2) is 8.09. The van der Waals surface area contributed by atoms with Gasteiger partial charge in [-0.05, 0) is 49.4 Å². The van der Waals surface area contributed by atoms with Crippen molar-refractivity contribution >= 4 is 17.6 Å². The minimum Gasteiger partial charge on any atom is -0.497 e. The molecule has 0 fully saturated rings. The van der Waals surface area contributed by atoms with Gasteiger partial charge in [0.25, 0.3) is 5.89 Å². The Morgan fingerprint density at radius 3 is 2.48 bits per heavy atom. The normalized spacial score (nSPS) is 11.7. The van der Waals surface area contributed by atoms with Gasteiger partial charge in [-0.15, -0.1) is 10.2 Å². The van der Waals surface area contributed by atoms with Gasteiger partial charge in [0, 0.05) is 10.6 Å². The smallest absolute Gasteiger partial charge is 0.342 e. The molecule has 0 unspecified atom stereocenters. The summed E-state index contributed by atoms with van der Waals surface area (Å²) >= 11 is 5.95. The third kappa shape index (κ3) is 4.20. The van der Waals surface area contributed by atoms with E-state index in [4.69, 9.17) is 30.2 Å². The molecule has 140 valence electrons. The van der Waals surface area contributed by atoms with E-state index >= 15 is 0 Å². The van der Waals surface area contributed by atoms with Crippen molar-refractivity contribution in [3.8, 4) is 23.0 Å². The zero-order chi connectivity index (χ0) is 19.4. The third-order valence-electron chi connectivity index (χ3n) is 3.79. The Bertz CT molecular complexity index is 940. The standard InChI is InChI=1S/C19H17ClN2O5/c1-11(26-19(23)15-10-13(20)6-9-16(15)25-3)17-21-22-18(27-17)12-4-7-14(24-2)8-5-12/h4-11H,1-3H3/t11-/m0/s1. The summed E-state index contributed by atoms with van der Waals surface area (Å²) in [6.45, 7) is 1.64. The molecule has 0 aliphatic heterocycles. The van der Waals surface area contributed by atoms with Crippen LogP contribution in [0.15, 0.2) is 46.9 Å². The van der Waals surface area contributed by atoms with Gasteiger partial charge in [-0.3, -0.25) is 0 Å². The van der Waals surface area contributed by atoms with E-state index in [0.29, 0.717) is 16.7 Å². The number of carbonyl (C=O) groups excluding carboxylic acids is 1. The number of ether oxygens (including phenoxy) is 3. The van der Waals surface area contributed by atoms with Gasteiger partial charge in [0.2, 0.25) is 5.89 Å². The SMILES string of the molecule is COc1ccc(-c2nnc([C@H](C)OC(=O)c3cc(Cl)ccc3OC)o2)cc1. The zero-order valence-electron chi connectivity index (χ0n) is 14.9. The molecule has 0 radical (unpaired) electrons. The Balaban J connectivity index is 1.75. The summed E-state index contributed by atoms with van der Waals surface area (Å²) in [4.78, 5) is 12.4.